The lowest BCUT2D eigenvalue weighted by atomic mass is 9.93. The minimum atomic E-state index is 0.307. The summed E-state index contributed by atoms with van der Waals surface area (Å²) in [5.41, 5.74) is 1.70. The molecule has 0 atom stereocenters. The SMILES string of the molecule is CC1(C)CCc2cc(C=O)sc21. The molecule has 0 aromatic carbocycles. The Hall–Kier alpha value is -0.630. The number of fused-ring (bicyclic) bond motifs is 1. The van der Waals surface area contributed by atoms with Crippen LogP contribution in [0.4, 0.5) is 0 Å². The van der Waals surface area contributed by atoms with Crippen molar-refractivity contribution in [3.63, 3.8) is 0 Å². The summed E-state index contributed by atoms with van der Waals surface area (Å²) in [6, 6.07) is 2.04. The number of carbonyl (C=O) groups excluding carboxylic acids is 1. The van der Waals surface area contributed by atoms with Crippen molar-refractivity contribution in [3.05, 3.63) is 21.4 Å². The van der Waals surface area contributed by atoms with Gasteiger partial charge in [-0.15, -0.1) is 11.3 Å². The van der Waals surface area contributed by atoms with Crippen LogP contribution in [0.3, 0.4) is 0 Å². The maximum atomic E-state index is 10.5. The normalized spacial score (nSPS) is 19.2. The number of aryl methyl sites for hydroxylation is 1. The number of hydrogen-bond acceptors (Lipinski definition) is 2. The van der Waals surface area contributed by atoms with Crippen molar-refractivity contribution in [1.29, 1.82) is 0 Å². The number of aldehydes is 1. The van der Waals surface area contributed by atoms with Crippen molar-refractivity contribution in [2.45, 2.75) is 32.1 Å². The molecule has 0 fully saturated rings. The van der Waals surface area contributed by atoms with E-state index in [1.54, 1.807) is 11.3 Å². The predicted molar refractivity (Wildman–Crippen MR) is 51.1 cm³/mol. The molecule has 1 aromatic rings. The minimum absolute atomic E-state index is 0.307. The summed E-state index contributed by atoms with van der Waals surface area (Å²) in [7, 11) is 0. The van der Waals surface area contributed by atoms with Crippen molar-refractivity contribution in [1.82, 2.24) is 0 Å². The molecule has 0 amide bonds. The van der Waals surface area contributed by atoms with Crippen LogP contribution < -0.4 is 0 Å². The first-order valence-electron chi connectivity index (χ1n) is 4.22. The highest BCUT2D eigenvalue weighted by Crippen LogP contribution is 2.42. The lowest BCUT2D eigenvalue weighted by molar-refractivity contribution is 0.112. The molecule has 1 nitrogen and oxygen atoms in total. The van der Waals surface area contributed by atoms with Gasteiger partial charge in [-0.3, -0.25) is 4.79 Å². The molecule has 0 bridgehead atoms. The summed E-state index contributed by atoms with van der Waals surface area (Å²) in [5, 5.41) is 0. The molecule has 12 heavy (non-hydrogen) atoms. The molecular formula is C10H12OS. The first-order valence-corrected chi connectivity index (χ1v) is 5.03. The highest BCUT2D eigenvalue weighted by atomic mass is 32.1. The number of thiophene rings is 1. The van der Waals surface area contributed by atoms with Crippen LogP contribution in [0.15, 0.2) is 6.07 Å². The second-order valence-corrected chi connectivity index (χ2v) is 5.09. The van der Waals surface area contributed by atoms with Crippen LogP contribution in [0.1, 0.15) is 40.4 Å². The fourth-order valence-electron chi connectivity index (χ4n) is 1.83. The molecule has 2 rings (SSSR count). The Morgan fingerprint density at radius 2 is 2.33 bits per heavy atom. The monoisotopic (exact) mass is 180 g/mol. The largest absolute Gasteiger partial charge is 0.297 e. The predicted octanol–water partition coefficient (Wildman–Crippen LogP) is 2.78. The molecular weight excluding hydrogens is 168 g/mol. The van der Waals surface area contributed by atoms with Crippen LogP contribution in [-0.4, -0.2) is 6.29 Å². The number of rotatable bonds is 1. The van der Waals surface area contributed by atoms with Gasteiger partial charge in [-0.25, -0.2) is 0 Å². The highest BCUT2D eigenvalue weighted by molar-refractivity contribution is 7.14. The molecule has 64 valence electrons. The zero-order valence-corrected chi connectivity index (χ0v) is 8.20. The fraction of sp³-hybridized carbons (Fsp3) is 0.500. The van der Waals surface area contributed by atoms with Crippen molar-refractivity contribution in [3.8, 4) is 0 Å². The number of hydrogen-bond donors (Lipinski definition) is 0. The van der Waals surface area contributed by atoms with Gasteiger partial charge in [-0.2, -0.15) is 0 Å². The van der Waals surface area contributed by atoms with E-state index in [9.17, 15) is 4.79 Å². The second kappa shape index (κ2) is 2.43. The van der Waals surface area contributed by atoms with Gasteiger partial charge >= 0.3 is 0 Å². The third kappa shape index (κ3) is 1.02. The van der Waals surface area contributed by atoms with Gasteiger partial charge in [0.05, 0.1) is 4.88 Å². The molecule has 0 aliphatic heterocycles. The summed E-state index contributed by atoms with van der Waals surface area (Å²) >= 11 is 1.66. The summed E-state index contributed by atoms with van der Waals surface area (Å²) in [4.78, 5) is 12.8. The summed E-state index contributed by atoms with van der Waals surface area (Å²) in [6.45, 7) is 4.51. The molecule has 0 spiro atoms. The van der Waals surface area contributed by atoms with E-state index in [1.165, 1.54) is 16.9 Å². The molecule has 0 saturated heterocycles. The molecule has 1 heterocycles. The Kier molecular flexibility index (Phi) is 1.62. The molecule has 1 aliphatic carbocycles. The Labute approximate surface area is 76.4 Å². The van der Waals surface area contributed by atoms with Gasteiger partial charge in [0.2, 0.25) is 0 Å². The van der Waals surface area contributed by atoms with E-state index in [-0.39, 0.29) is 0 Å². The third-order valence-electron chi connectivity index (χ3n) is 2.58. The Balaban J connectivity index is 2.51. The van der Waals surface area contributed by atoms with Gasteiger partial charge in [0.1, 0.15) is 0 Å². The molecule has 2 heteroatoms. The smallest absolute Gasteiger partial charge is 0.160 e. The molecule has 1 aromatic heterocycles. The van der Waals surface area contributed by atoms with Crippen molar-refractivity contribution < 1.29 is 4.79 Å². The fourth-order valence-corrected chi connectivity index (χ4v) is 2.98. The average molecular weight is 180 g/mol. The number of carbonyl (C=O) groups is 1. The van der Waals surface area contributed by atoms with Gasteiger partial charge in [-0.1, -0.05) is 13.8 Å². The Morgan fingerprint density at radius 3 is 2.92 bits per heavy atom. The van der Waals surface area contributed by atoms with Crippen LogP contribution >= 0.6 is 11.3 Å². The Morgan fingerprint density at radius 1 is 1.58 bits per heavy atom. The van der Waals surface area contributed by atoms with E-state index in [4.69, 9.17) is 0 Å². The van der Waals surface area contributed by atoms with E-state index < -0.39 is 0 Å². The lowest BCUT2D eigenvalue weighted by Crippen LogP contribution is -2.09. The van der Waals surface area contributed by atoms with Gasteiger partial charge in [0.15, 0.2) is 6.29 Å². The van der Waals surface area contributed by atoms with Crippen molar-refractivity contribution >= 4 is 17.6 Å². The minimum Gasteiger partial charge on any atom is -0.297 e. The zero-order valence-electron chi connectivity index (χ0n) is 7.39. The van der Waals surface area contributed by atoms with Gasteiger partial charge in [0.25, 0.3) is 0 Å². The summed E-state index contributed by atoms with van der Waals surface area (Å²) < 4.78 is 0. The highest BCUT2D eigenvalue weighted by Gasteiger charge is 2.31. The van der Waals surface area contributed by atoms with E-state index >= 15 is 0 Å². The van der Waals surface area contributed by atoms with Gasteiger partial charge < -0.3 is 0 Å². The summed E-state index contributed by atoms with van der Waals surface area (Å²) in [6.07, 6.45) is 3.33. The van der Waals surface area contributed by atoms with E-state index in [0.29, 0.717) is 5.41 Å². The van der Waals surface area contributed by atoms with Gasteiger partial charge in [-0.05, 0) is 29.9 Å². The van der Waals surface area contributed by atoms with Crippen LogP contribution in [0.5, 0.6) is 0 Å². The average Bonchev–Trinajstić information content (AvgIpc) is 2.53. The first-order chi connectivity index (χ1) is 5.63. The third-order valence-corrected chi connectivity index (χ3v) is 4.05. The van der Waals surface area contributed by atoms with Gasteiger partial charge in [0, 0.05) is 4.88 Å². The van der Waals surface area contributed by atoms with E-state index in [2.05, 4.69) is 13.8 Å². The van der Waals surface area contributed by atoms with E-state index in [1.807, 2.05) is 6.07 Å². The quantitative estimate of drug-likeness (QED) is 0.607. The standard InChI is InChI=1S/C10H12OS/c1-10(2)4-3-7-5-8(6-11)12-9(7)10/h5-6H,3-4H2,1-2H3. The van der Waals surface area contributed by atoms with E-state index in [0.717, 1.165) is 17.6 Å². The molecule has 1 aliphatic rings. The van der Waals surface area contributed by atoms with Crippen LogP contribution in [-0.2, 0) is 11.8 Å². The lowest BCUT2D eigenvalue weighted by Gasteiger charge is -2.15. The maximum Gasteiger partial charge on any atom is 0.160 e. The molecule has 0 saturated carbocycles. The van der Waals surface area contributed by atoms with Crippen LogP contribution in [0.2, 0.25) is 0 Å². The van der Waals surface area contributed by atoms with Crippen LogP contribution in [0, 0.1) is 0 Å². The molecule has 0 N–H and O–H groups in total. The maximum absolute atomic E-state index is 10.5. The zero-order chi connectivity index (χ0) is 8.77. The molecule has 0 unspecified atom stereocenters. The van der Waals surface area contributed by atoms with Crippen LogP contribution in [0.25, 0.3) is 0 Å². The topological polar surface area (TPSA) is 17.1 Å². The van der Waals surface area contributed by atoms with Crippen molar-refractivity contribution in [2.75, 3.05) is 0 Å². The Bertz CT molecular complexity index is 323. The first kappa shape index (κ1) is 7.99. The van der Waals surface area contributed by atoms with Crippen molar-refractivity contribution in [2.24, 2.45) is 0 Å². The second-order valence-electron chi connectivity index (χ2n) is 4.00. The molecule has 0 radical (unpaired) electrons. The summed E-state index contributed by atoms with van der Waals surface area (Å²) in [5.74, 6) is 0.